The van der Waals surface area contributed by atoms with Crippen molar-refractivity contribution < 1.29 is 9.47 Å². The SMILES string of the molecule is C=CCC(CC(=C)Br)OCOC. The van der Waals surface area contributed by atoms with Gasteiger partial charge >= 0.3 is 0 Å². The molecule has 1 atom stereocenters. The number of halogens is 1. The van der Waals surface area contributed by atoms with Gasteiger partial charge in [0.15, 0.2) is 0 Å². The van der Waals surface area contributed by atoms with Crippen LogP contribution in [0, 0.1) is 0 Å². The number of ether oxygens (including phenoxy) is 2. The first kappa shape index (κ1) is 11.9. The fraction of sp³-hybridized carbons (Fsp3) is 0.556. The van der Waals surface area contributed by atoms with E-state index in [-0.39, 0.29) is 6.10 Å². The Hall–Kier alpha value is -0.120. The Kier molecular flexibility index (Phi) is 7.45. The van der Waals surface area contributed by atoms with E-state index in [9.17, 15) is 0 Å². The molecule has 0 aliphatic rings. The Morgan fingerprint density at radius 1 is 1.67 bits per heavy atom. The van der Waals surface area contributed by atoms with E-state index in [0.29, 0.717) is 6.79 Å². The maximum absolute atomic E-state index is 5.36. The summed E-state index contributed by atoms with van der Waals surface area (Å²) < 4.78 is 11.1. The van der Waals surface area contributed by atoms with Crippen LogP contribution < -0.4 is 0 Å². The maximum Gasteiger partial charge on any atom is 0.146 e. The summed E-state index contributed by atoms with van der Waals surface area (Å²) in [4.78, 5) is 0. The standard InChI is InChI=1S/C9H15BrO2/c1-4-5-9(6-8(2)10)12-7-11-3/h4,9H,1-2,5-7H2,3H3. The van der Waals surface area contributed by atoms with Crippen LogP contribution in [0.1, 0.15) is 12.8 Å². The van der Waals surface area contributed by atoms with Crippen molar-refractivity contribution in [1.82, 2.24) is 0 Å². The molecule has 0 aromatic carbocycles. The minimum Gasteiger partial charge on any atom is -0.359 e. The summed E-state index contributed by atoms with van der Waals surface area (Å²) in [6.07, 6.45) is 3.55. The molecule has 0 rings (SSSR count). The van der Waals surface area contributed by atoms with Crippen LogP contribution >= 0.6 is 15.9 Å². The summed E-state index contributed by atoms with van der Waals surface area (Å²) >= 11 is 3.29. The summed E-state index contributed by atoms with van der Waals surface area (Å²) in [5.41, 5.74) is 0. The zero-order valence-corrected chi connectivity index (χ0v) is 8.97. The zero-order chi connectivity index (χ0) is 9.40. The van der Waals surface area contributed by atoms with E-state index in [2.05, 4.69) is 29.1 Å². The van der Waals surface area contributed by atoms with E-state index in [4.69, 9.17) is 9.47 Å². The van der Waals surface area contributed by atoms with Crippen molar-refractivity contribution in [1.29, 1.82) is 0 Å². The molecule has 2 nitrogen and oxygen atoms in total. The van der Waals surface area contributed by atoms with Crippen LogP contribution in [0.2, 0.25) is 0 Å². The first-order valence-corrected chi connectivity index (χ1v) is 4.54. The highest BCUT2D eigenvalue weighted by atomic mass is 79.9. The van der Waals surface area contributed by atoms with Crippen molar-refractivity contribution in [2.75, 3.05) is 13.9 Å². The van der Waals surface area contributed by atoms with Crippen LogP contribution in [0.4, 0.5) is 0 Å². The predicted octanol–water partition coefficient (Wildman–Crippen LogP) is 2.85. The van der Waals surface area contributed by atoms with Gasteiger partial charge in [0.1, 0.15) is 6.79 Å². The minimum absolute atomic E-state index is 0.120. The Morgan fingerprint density at radius 3 is 2.75 bits per heavy atom. The van der Waals surface area contributed by atoms with Crippen LogP contribution in [0.25, 0.3) is 0 Å². The van der Waals surface area contributed by atoms with Gasteiger partial charge in [-0.15, -0.1) is 6.58 Å². The minimum atomic E-state index is 0.120. The lowest BCUT2D eigenvalue weighted by Gasteiger charge is -2.14. The summed E-state index contributed by atoms with van der Waals surface area (Å²) in [7, 11) is 1.61. The normalized spacial score (nSPS) is 12.5. The molecule has 0 saturated heterocycles. The quantitative estimate of drug-likeness (QED) is 0.499. The lowest BCUT2D eigenvalue weighted by molar-refractivity contribution is -0.0692. The van der Waals surface area contributed by atoms with Gasteiger partial charge in [-0.05, 0) is 10.9 Å². The molecule has 0 aliphatic heterocycles. The molecule has 0 aromatic heterocycles. The third kappa shape index (κ3) is 6.58. The molecule has 0 spiro atoms. The average Bonchev–Trinajstić information content (AvgIpc) is 2.00. The summed E-state index contributed by atoms with van der Waals surface area (Å²) in [5, 5.41) is 0. The molecule has 0 fully saturated rings. The van der Waals surface area contributed by atoms with Gasteiger partial charge in [0.2, 0.25) is 0 Å². The second kappa shape index (κ2) is 7.53. The third-order valence-electron chi connectivity index (χ3n) is 1.30. The van der Waals surface area contributed by atoms with Crippen LogP contribution in [-0.4, -0.2) is 20.0 Å². The molecule has 1 unspecified atom stereocenters. The Labute approximate surface area is 82.4 Å². The lowest BCUT2D eigenvalue weighted by atomic mass is 10.2. The van der Waals surface area contributed by atoms with Gasteiger partial charge in [-0.3, -0.25) is 0 Å². The van der Waals surface area contributed by atoms with Crippen molar-refractivity contribution in [2.24, 2.45) is 0 Å². The molecule has 0 bridgehead atoms. The van der Waals surface area contributed by atoms with Gasteiger partial charge in [-0.2, -0.15) is 0 Å². The molecule has 0 aliphatic carbocycles. The van der Waals surface area contributed by atoms with Crippen molar-refractivity contribution in [3.8, 4) is 0 Å². The number of hydrogen-bond acceptors (Lipinski definition) is 2. The smallest absolute Gasteiger partial charge is 0.146 e. The van der Waals surface area contributed by atoms with Gasteiger partial charge in [0.05, 0.1) is 6.10 Å². The average molecular weight is 235 g/mol. The van der Waals surface area contributed by atoms with Crippen molar-refractivity contribution in [2.45, 2.75) is 18.9 Å². The van der Waals surface area contributed by atoms with Crippen LogP contribution in [0.15, 0.2) is 23.7 Å². The van der Waals surface area contributed by atoms with Gasteiger partial charge in [0, 0.05) is 13.5 Å². The lowest BCUT2D eigenvalue weighted by Crippen LogP contribution is -2.13. The second-order valence-corrected chi connectivity index (χ2v) is 3.56. The van der Waals surface area contributed by atoms with E-state index < -0.39 is 0 Å². The van der Waals surface area contributed by atoms with Crippen LogP contribution in [-0.2, 0) is 9.47 Å². The summed E-state index contributed by atoms with van der Waals surface area (Å²) in [5.74, 6) is 0. The summed E-state index contributed by atoms with van der Waals surface area (Å²) in [6, 6.07) is 0. The van der Waals surface area contributed by atoms with E-state index in [0.717, 1.165) is 17.3 Å². The highest BCUT2D eigenvalue weighted by Gasteiger charge is 2.07. The molecule has 0 radical (unpaired) electrons. The predicted molar refractivity (Wildman–Crippen MR) is 54.2 cm³/mol. The topological polar surface area (TPSA) is 18.5 Å². The molecule has 0 N–H and O–H groups in total. The molecule has 0 heterocycles. The number of hydrogen-bond donors (Lipinski definition) is 0. The van der Waals surface area contributed by atoms with E-state index in [1.807, 2.05) is 6.08 Å². The fourth-order valence-electron chi connectivity index (χ4n) is 0.807. The second-order valence-electron chi connectivity index (χ2n) is 2.44. The van der Waals surface area contributed by atoms with Crippen LogP contribution in [0.5, 0.6) is 0 Å². The Balaban J connectivity index is 3.68. The van der Waals surface area contributed by atoms with E-state index in [1.54, 1.807) is 7.11 Å². The molecule has 70 valence electrons. The fourth-order valence-corrected chi connectivity index (χ4v) is 1.17. The van der Waals surface area contributed by atoms with Gasteiger partial charge < -0.3 is 9.47 Å². The van der Waals surface area contributed by atoms with Crippen molar-refractivity contribution in [3.63, 3.8) is 0 Å². The largest absolute Gasteiger partial charge is 0.359 e. The molecule has 0 aromatic rings. The zero-order valence-electron chi connectivity index (χ0n) is 7.38. The molecule has 0 amide bonds. The van der Waals surface area contributed by atoms with Gasteiger partial charge in [-0.25, -0.2) is 0 Å². The number of methoxy groups -OCH3 is 1. The third-order valence-corrected chi connectivity index (χ3v) is 1.62. The monoisotopic (exact) mass is 234 g/mol. The first-order valence-electron chi connectivity index (χ1n) is 3.75. The summed E-state index contributed by atoms with van der Waals surface area (Å²) in [6.45, 7) is 7.72. The van der Waals surface area contributed by atoms with E-state index >= 15 is 0 Å². The molecule has 12 heavy (non-hydrogen) atoms. The Morgan fingerprint density at radius 2 is 2.33 bits per heavy atom. The molecular formula is C9H15BrO2. The van der Waals surface area contributed by atoms with Gasteiger partial charge in [-0.1, -0.05) is 28.6 Å². The molecule has 3 heteroatoms. The highest BCUT2D eigenvalue weighted by Crippen LogP contribution is 2.15. The van der Waals surface area contributed by atoms with Gasteiger partial charge in [0.25, 0.3) is 0 Å². The number of rotatable bonds is 7. The van der Waals surface area contributed by atoms with Crippen LogP contribution in [0.3, 0.4) is 0 Å². The van der Waals surface area contributed by atoms with Crippen molar-refractivity contribution in [3.05, 3.63) is 23.7 Å². The van der Waals surface area contributed by atoms with E-state index in [1.165, 1.54) is 0 Å². The first-order chi connectivity index (χ1) is 5.70. The molecule has 0 saturated carbocycles. The maximum atomic E-state index is 5.36. The van der Waals surface area contributed by atoms with Crippen molar-refractivity contribution >= 4 is 15.9 Å². The highest BCUT2D eigenvalue weighted by molar-refractivity contribution is 9.11. The Bertz CT molecular complexity index is 145. The molecular weight excluding hydrogens is 220 g/mol.